The number of halogens is 4. The fraction of sp³-hybridized carbons (Fsp3) is 0.105. The number of hydrogen-bond acceptors (Lipinski definition) is 1. The number of rotatable bonds is 1. The van der Waals surface area contributed by atoms with Crippen molar-refractivity contribution in [1.29, 1.82) is 0 Å². The van der Waals surface area contributed by atoms with Crippen LogP contribution in [0.2, 0.25) is 5.02 Å². The number of aromatic nitrogens is 2. The predicted molar refractivity (Wildman–Crippen MR) is 93.3 cm³/mol. The van der Waals surface area contributed by atoms with E-state index in [4.69, 9.17) is 11.6 Å². The molecule has 0 fully saturated rings. The largest absolute Gasteiger partial charge is 0.418 e. The number of fused-ring (bicyclic) bond motifs is 3. The highest BCUT2D eigenvalue weighted by atomic mass is 35.5. The van der Waals surface area contributed by atoms with Crippen LogP contribution in [0.4, 0.5) is 13.2 Å². The second-order valence-electron chi connectivity index (χ2n) is 5.79. The first-order valence-corrected chi connectivity index (χ1v) is 7.98. The Morgan fingerprint density at radius 1 is 1.04 bits per heavy atom. The Morgan fingerprint density at radius 2 is 1.76 bits per heavy atom. The van der Waals surface area contributed by atoms with Gasteiger partial charge >= 0.3 is 6.18 Å². The van der Waals surface area contributed by atoms with E-state index in [0.717, 1.165) is 6.07 Å². The molecule has 2 nitrogen and oxygen atoms in total. The zero-order valence-electron chi connectivity index (χ0n) is 13.1. The summed E-state index contributed by atoms with van der Waals surface area (Å²) in [4.78, 5) is 4.33. The molecule has 2 aromatic heterocycles. The van der Waals surface area contributed by atoms with Crippen LogP contribution in [0.5, 0.6) is 0 Å². The molecular weight excluding hydrogens is 349 g/mol. The van der Waals surface area contributed by atoms with Crippen molar-refractivity contribution in [3.8, 4) is 5.69 Å². The standard InChI is InChI=1S/C19H12ClF3N2/c1-11-14(20)10-13(19(21,22)23)18-16(11)17-15(8-5-9-24-17)25(18)12-6-3-2-4-7-12/h2-10H,1H3. The van der Waals surface area contributed by atoms with Crippen molar-refractivity contribution in [3.05, 3.63) is 70.9 Å². The third-order valence-corrected chi connectivity index (χ3v) is 4.70. The van der Waals surface area contributed by atoms with Gasteiger partial charge in [0.2, 0.25) is 0 Å². The topological polar surface area (TPSA) is 17.8 Å². The van der Waals surface area contributed by atoms with Crippen molar-refractivity contribution in [1.82, 2.24) is 9.55 Å². The van der Waals surface area contributed by atoms with Crippen molar-refractivity contribution in [2.75, 3.05) is 0 Å². The highest BCUT2D eigenvalue weighted by Crippen LogP contribution is 2.43. The Kier molecular flexibility index (Phi) is 3.51. The highest BCUT2D eigenvalue weighted by Gasteiger charge is 2.36. The van der Waals surface area contributed by atoms with Crippen LogP contribution in [-0.2, 0) is 6.18 Å². The van der Waals surface area contributed by atoms with Gasteiger partial charge in [-0.3, -0.25) is 4.98 Å². The van der Waals surface area contributed by atoms with Gasteiger partial charge in [-0.2, -0.15) is 13.2 Å². The van der Waals surface area contributed by atoms with Crippen molar-refractivity contribution in [2.24, 2.45) is 0 Å². The van der Waals surface area contributed by atoms with E-state index >= 15 is 0 Å². The summed E-state index contributed by atoms with van der Waals surface area (Å²) < 4.78 is 42.9. The summed E-state index contributed by atoms with van der Waals surface area (Å²) in [6, 6.07) is 13.4. The van der Waals surface area contributed by atoms with Crippen LogP contribution in [0, 0.1) is 6.92 Å². The van der Waals surface area contributed by atoms with Gasteiger partial charge in [0.1, 0.15) is 0 Å². The third-order valence-electron chi connectivity index (χ3n) is 4.30. The van der Waals surface area contributed by atoms with Crippen LogP contribution in [0.15, 0.2) is 54.7 Å². The van der Waals surface area contributed by atoms with Gasteiger partial charge in [0, 0.05) is 22.3 Å². The van der Waals surface area contributed by atoms with Gasteiger partial charge in [-0.05, 0) is 42.8 Å². The van der Waals surface area contributed by atoms with Crippen LogP contribution in [0.3, 0.4) is 0 Å². The number of aryl methyl sites for hydroxylation is 1. The number of hydrogen-bond donors (Lipinski definition) is 0. The van der Waals surface area contributed by atoms with E-state index in [1.165, 1.54) is 0 Å². The quantitative estimate of drug-likeness (QED) is 0.397. The van der Waals surface area contributed by atoms with E-state index in [-0.39, 0.29) is 10.5 Å². The van der Waals surface area contributed by atoms with Crippen molar-refractivity contribution >= 4 is 33.5 Å². The molecule has 0 amide bonds. The van der Waals surface area contributed by atoms with Gasteiger partial charge in [0.05, 0.1) is 22.1 Å². The molecule has 0 saturated carbocycles. The van der Waals surface area contributed by atoms with E-state index in [2.05, 4.69) is 4.98 Å². The number of alkyl halides is 3. The summed E-state index contributed by atoms with van der Waals surface area (Å²) in [5, 5.41) is 0.511. The summed E-state index contributed by atoms with van der Waals surface area (Å²) in [6.45, 7) is 1.72. The lowest BCUT2D eigenvalue weighted by Crippen LogP contribution is -2.09. The zero-order chi connectivity index (χ0) is 17.8. The molecular formula is C19H12ClF3N2. The second kappa shape index (κ2) is 5.49. The molecule has 0 spiro atoms. The average Bonchev–Trinajstić information content (AvgIpc) is 2.93. The fourth-order valence-electron chi connectivity index (χ4n) is 3.21. The fourth-order valence-corrected chi connectivity index (χ4v) is 3.41. The zero-order valence-corrected chi connectivity index (χ0v) is 13.9. The van der Waals surface area contributed by atoms with Crippen LogP contribution >= 0.6 is 11.6 Å². The molecule has 0 N–H and O–H groups in total. The maximum Gasteiger partial charge on any atom is 0.418 e. The maximum atomic E-state index is 13.8. The second-order valence-corrected chi connectivity index (χ2v) is 6.20. The van der Waals surface area contributed by atoms with Gasteiger partial charge in [-0.15, -0.1) is 0 Å². The summed E-state index contributed by atoms with van der Waals surface area (Å²) >= 11 is 6.12. The van der Waals surface area contributed by atoms with E-state index in [1.54, 1.807) is 54.1 Å². The Balaban J connectivity index is 2.32. The predicted octanol–water partition coefficient (Wildman–Crippen LogP) is 6.16. The Morgan fingerprint density at radius 3 is 2.44 bits per heavy atom. The van der Waals surface area contributed by atoms with Crippen molar-refractivity contribution in [2.45, 2.75) is 13.1 Å². The molecule has 0 bridgehead atoms. The molecule has 0 unspecified atom stereocenters. The molecule has 6 heteroatoms. The van der Waals surface area contributed by atoms with Gasteiger partial charge in [0.15, 0.2) is 0 Å². The van der Waals surface area contributed by atoms with Gasteiger partial charge in [0.25, 0.3) is 0 Å². The Bertz CT molecular complexity index is 1100. The molecule has 126 valence electrons. The molecule has 0 aliphatic heterocycles. The minimum Gasteiger partial charge on any atom is -0.307 e. The minimum atomic E-state index is -4.53. The van der Waals surface area contributed by atoms with Crippen molar-refractivity contribution in [3.63, 3.8) is 0 Å². The molecule has 0 radical (unpaired) electrons. The van der Waals surface area contributed by atoms with E-state index in [1.807, 2.05) is 6.07 Å². The molecule has 4 aromatic rings. The molecule has 25 heavy (non-hydrogen) atoms. The number of nitrogens with zero attached hydrogens (tertiary/aromatic N) is 2. The number of pyridine rings is 1. The average molecular weight is 361 g/mol. The number of para-hydroxylation sites is 1. The summed E-state index contributed by atoms with van der Waals surface area (Å²) in [6.07, 6.45) is -2.96. The SMILES string of the molecule is Cc1c(Cl)cc(C(F)(F)F)c2c1c1ncccc1n2-c1ccccc1. The normalized spacial score (nSPS) is 12.2. The minimum absolute atomic E-state index is 0.0781. The summed E-state index contributed by atoms with van der Waals surface area (Å²) in [5.74, 6) is 0. The highest BCUT2D eigenvalue weighted by molar-refractivity contribution is 6.33. The first-order chi connectivity index (χ1) is 11.9. The third kappa shape index (κ3) is 2.38. The van der Waals surface area contributed by atoms with E-state index in [9.17, 15) is 13.2 Å². The molecule has 2 aromatic carbocycles. The van der Waals surface area contributed by atoms with Crippen LogP contribution < -0.4 is 0 Å². The Labute approximate surface area is 146 Å². The smallest absolute Gasteiger partial charge is 0.307 e. The molecule has 4 rings (SSSR count). The maximum absolute atomic E-state index is 13.8. The lowest BCUT2D eigenvalue weighted by molar-refractivity contribution is -0.136. The number of benzene rings is 2. The van der Waals surface area contributed by atoms with Gasteiger partial charge in [-0.25, -0.2) is 0 Å². The van der Waals surface area contributed by atoms with Crippen molar-refractivity contribution < 1.29 is 13.2 Å². The molecule has 2 heterocycles. The molecule has 0 aliphatic carbocycles. The van der Waals surface area contributed by atoms with Crippen LogP contribution in [0.1, 0.15) is 11.1 Å². The monoisotopic (exact) mass is 360 g/mol. The van der Waals surface area contributed by atoms with Crippen LogP contribution in [-0.4, -0.2) is 9.55 Å². The lowest BCUT2D eigenvalue weighted by atomic mass is 10.0. The summed E-state index contributed by atoms with van der Waals surface area (Å²) in [7, 11) is 0. The van der Waals surface area contributed by atoms with Crippen LogP contribution in [0.25, 0.3) is 27.6 Å². The lowest BCUT2D eigenvalue weighted by Gasteiger charge is -2.15. The first-order valence-electron chi connectivity index (χ1n) is 7.60. The van der Waals surface area contributed by atoms with Gasteiger partial charge < -0.3 is 4.57 Å². The van der Waals surface area contributed by atoms with Gasteiger partial charge in [-0.1, -0.05) is 29.8 Å². The molecule has 0 atom stereocenters. The molecule has 0 saturated heterocycles. The molecule has 0 aliphatic rings. The van der Waals surface area contributed by atoms with E-state index in [0.29, 0.717) is 27.7 Å². The first kappa shape index (κ1) is 16.0. The van der Waals surface area contributed by atoms with E-state index < -0.39 is 11.7 Å². The summed E-state index contributed by atoms with van der Waals surface area (Å²) in [5.41, 5.74) is 1.66. The Hall–Kier alpha value is -2.53.